The van der Waals surface area contributed by atoms with Crippen LogP contribution in [0.25, 0.3) is 22.3 Å². The third kappa shape index (κ3) is 9.27. The molecule has 2 aromatic carbocycles. The van der Waals surface area contributed by atoms with Gasteiger partial charge >= 0.3 is 12.8 Å². The van der Waals surface area contributed by atoms with E-state index in [4.69, 9.17) is 56.1 Å². The lowest BCUT2D eigenvalue weighted by Crippen LogP contribution is -2.37. The monoisotopic (exact) mass is 956 g/mol. The topological polar surface area (TPSA) is 284 Å². The molecular formula is C37H37BF2N10O12P2S. The van der Waals surface area contributed by atoms with Crippen molar-refractivity contribution in [1.29, 1.82) is 0 Å². The largest absolute Gasteiger partial charge is 0.494 e. The number of benzene rings is 2. The summed E-state index contributed by atoms with van der Waals surface area (Å²) in [6.45, 7) is -3.63. The number of fused-ring (bicyclic) bond motifs is 4. The van der Waals surface area contributed by atoms with Crippen molar-refractivity contribution < 1.29 is 59.7 Å². The molecule has 7 heterocycles. The number of imidazole rings is 2. The fraction of sp³-hybridized carbons (Fsp3) is 0.378. The molecule has 4 aromatic heterocycles. The first-order chi connectivity index (χ1) is 31.2. The van der Waals surface area contributed by atoms with Gasteiger partial charge in [-0.15, -0.1) is 0 Å². The highest BCUT2D eigenvalue weighted by atomic mass is 32.7. The van der Waals surface area contributed by atoms with Crippen molar-refractivity contribution in [3.05, 3.63) is 89.0 Å². The van der Waals surface area contributed by atoms with Crippen molar-refractivity contribution >= 4 is 73.3 Å². The Morgan fingerprint density at radius 2 is 1.51 bits per heavy atom. The summed E-state index contributed by atoms with van der Waals surface area (Å²) in [7, 11) is 1.24. The SMILES string of the molecule is [B][P@@]1(=O)OC[C@H]2O[C@@H](n3cnc4c(N)ncnc43)[C@H](F)[C@@H]2O[P@@](=O)(SCc2ccc(OC(=O)c3ccc(OCCC)cc3)cc2)OC[C@H]2O[C@@H](n3cnc4c(=O)[nH]c(N)nc43)[C@H](F)[C@@H]2O1. The van der Waals surface area contributed by atoms with Gasteiger partial charge in [-0.25, -0.2) is 38.1 Å². The number of nitrogens with two attached hydrogens (primary N) is 2. The second-order valence-corrected chi connectivity index (χ2v) is 20.4. The lowest BCUT2D eigenvalue weighted by Gasteiger charge is -2.30. The van der Waals surface area contributed by atoms with E-state index in [1.165, 1.54) is 23.0 Å². The van der Waals surface area contributed by atoms with Crippen LogP contribution in [-0.4, -0.2) is 109 Å². The van der Waals surface area contributed by atoms with Crippen LogP contribution < -0.4 is 26.5 Å². The molecule has 0 aliphatic carbocycles. The van der Waals surface area contributed by atoms with Gasteiger partial charge in [-0.2, -0.15) is 4.98 Å². The van der Waals surface area contributed by atoms with E-state index in [0.29, 0.717) is 34.9 Å². The highest BCUT2D eigenvalue weighted by molar-refractivity contribution is 8.54. The summed E-state index contributed by atoms with van der Waals surface area (Å²) < 4.78 is 111. The fourth-order valence-corrected chi connectivity index (χ4v) is 11.6. The van der Waals surface area contributed by atoms with E-state index in [-0.39, 0.29) is 45.6 Å². The molecule has 6 aromatic rings. The van der Waals surface area contributed by atoms with Gasteiger partial charge in [0, 0.05) is 5.75 Å². The van der Waals surface area contributed by atoms with Gasteiger partial charge in [0.25, 0.3) is 13.0 Å². The van der Waals surface area contributed by atoms with Crippen LogP contribution in [0.5, 0.6) is 11.5 Å². The van der Waals surface area contributed by atoms with E-state index in [1.54, 1.807) is 36.4 Å². The number of rotatable bonds is 10. The molecule has 2 radical (unpaired) electrons. The number of hydrogen-bond acceptors (Lipinski definition) is 20. The highest BCUT2D eigenvalue weighted by Crippen LogP contribution is 2.65. The number of anilines is 2. The smallest absolute Gasteiger partial charge is 0.389 e. The lowest BCUT2D eigenvalue weighted by atomic mass is 10.1. The lowest BCUT2D eigenvalue weighted by molar-refractivity contribution is -0.0546. The molecule has 3 fully saturated rings. The zero-order chi connectivity index (χ0) is 45.6. The highest BCUT2D eigenvalue weighted by Gasteiger charge is 2.54. The number of esters is 1. The first-order valence-electron chi connectivity index (χ1n) is 19.8. The number of aromatic amines is 1. The third-order valence-corrected chi connectivity index (χ3v) is 15.0. The Morgan fingerprint density at radius 3 is 2.20 bits per heavy atom. The molecule has 5 N–H and O–H groups in total. The average molecular weight is 957 g/mol. The van der Waals surface area contributed by atoms with Gasteiger partial charge in [-0.05, 0) is 59.8 Å². The summed E-state index contributed by atoms with van der Waals surface area (Å²) in [5.41, 5.74) is 11.7. The van der Waals surface area contributed by atoms with Crippen LogP contribution in [0.4, 0.5) is 20.5 Å². The zero-order valence-corrected chi connectivity index (χ0v) is 36.4. The Balaban J connectivity index is 0.981. The first-order valence-corrected chi connectivity index (χ1v) is 24.5. The number of carbonyl (C=O) groups excluding carboxylic acids is 1. The van der Waals surface area contributed by atoms with Gasteiger partial charge in [0.05, 0.1) is 38.0 Å². The van der Waals surface area contributed by atoms with Crippen LogP contribution in [0.2, 0.25) is 0 Å². The molecule has 3 aliphatic heterocycles. The van der Waals surface area contributed by atoms with E-state index in [9.17, 15) is 18.7 Å². The van der Waals surface area contributed by atoms with Gasteiger partial charge in [0.1, 0.15) is 47.8 Å². The molecule has 65 heavy (non-hydrogen) atoms. The van der Waals surface area contributed by atoms with Crippen LogP contribution in [0.3, 0.4) is 0 Å². The van der Waals surface area contributed by atoms with Gasteiger partial charge in [-0.1, -0.05) is 19.1 Å². The zero-order valence-electron chi connectivity index (χ0n) is 33.8. The number of halogens is 2. The van der Waals surface area contributed by atoms with Gasteiger partial charge in [0.2, 0.25) is 13.5 Å². The van der Waals surface area contributed by atoms with Crippen molar-refractivity contribution in [3.8, 4) is 11.5 Å². The molecule has 3 saturated heterocycles. The third-order valence-electron chi connectivity index (χ3n) is 10.3. The molecule has 3 aliphatic rings. The van der Waals surface area contributed by atoms with Crippen molar-refractivity contribution in [1.82, 2.24) is 39.0 Å². The maximum atomic E-state index is 16.8. The number of aromatic nitrogens is 8. The summed E-state index contributed by atoms with van der Waals surface area (Å²) >= 11 is 0.645. The van der Waals surface area contributed by atoms with Crippen LogP contribution in [-0.2, 0) is 42.5 Å². The molecule has 28 heteroatoms. The minimum absolute atomic E-state index is 0.00870. The Morgan fingerprint density at radius 1 is 0.877 bits per heavy atom. The normalized spacial score (nSPS) is 29.5. The Labute approximate surface area is 371 Å². The quantitative estimate of drug-likeness (QED) is 0.0723. The van der Waals surface area contributed by atoms with Crippen LogP contribution in [0.1, 0.15) is 41.7 Å². The number of ether oxygens (including phenoxy) is 4. The van der Waals surface area contributed by atoms with Crippen molar-refractivity contribution in [2.45, 2.75) is 68.3 Å². The summed E-state index contributed by atoms with van der Waals surface area (Å²) in [5, 5.41) is 0. The molecule has 340 valence electrons. The number of alkyl halides is 2. The number of carbonyl (C=O) groups is 1. The number of H-pyrrole nitrogens is 1. The van der Waals surface area contributed by atoms with Crippen molar-refractivity contribution in [3.63, 3.8) is 0 Å². The molecule has 0 unspecified atom stereocenters. The minimum Gasteiger partial charge on any atom is -0.494 e. The Kier molecular flexibility index (Phi) is 12.6. The molecular weight excluding hydrogens is 919 g/mol. The van der Waals surface area contributed by atoms with Crippen LogP contribution in [0, 0.1) is 0 Å². The van der Waals surface area contributed by atoms with E-state index < -0.39 is 88.2 Å². The number of nitrogen functional groups attached to an aromatic ring is 2. The summed E-state index contributed by atoms with van der Waals surface area (Å²) in [4.78, 5) is 47.9. The second kappa shape index (κ2) is 18.2. The predicted molar refractivity (Wildman–Crippen MR) is 227 cm³/mol. The summed E-state index contributed by atoms with van der Waals surface area (Å²) in [6.07, 6.45) is -9.90. The maximum absolute atomic E-state index is 16.8. The van der Waals surface area contributed by atoms with Crippen LogP contribution in [0.15, 0.2) is 72.3 Å². The minimum atomic E-state index is -4.75. The number of nitrogens with zero attached hydrogens (tertiary/aromatic N) is 7. The standard InChI is InChI=1S/C37H37BF2N10O12P2S/c1-2-11-55-20-9-5-19(6-10-20)36(52)58-21-7-3-18(4-8-21)14-65-64(54)57-13-23-28(24(39)35(60-23)50-17-46-27-32(50)47-37(42)48-33(27)51)61-63(38,53)56-12-22-29(62-64)25(40)34(59-22)49-16-45-26-30(41)43-15-44-31(26)49/h3-10,15-17,22-25,28-29,34-35H,2,11-14H2,1H3,(H2,41,43,44)(H3,42,47,48,51)/t22-,23-,24-,25-,28-,29-,34-,35-,63-,64+/m1/s1. The van der Waals surface area contributed by atoms with Crippen LogP contribution >= 0.6 is 25.7 Å². The van der Waals surface area contributed by atoms with Crippen molar-refractivity contribution in [2.75, 3.05) is 31.3 Å². The molecule has 10 atom stereocenters. The Bertz CT molecular complexity index is 2880. The van der Waals surface area contributed by atoms with E-state index >= 15 is 8.78 Å². The van der Waals surface area contributed by atoms with E-state index in [1.807, 2.05) is 6.92 Å². The first kappa shape index (κ1) is 44.9. The predicted octanol–water partition coefficient (Wildman–Crippen LogP) is 4.74. The molecule has 0 amide bonds. The van der Waals surface area contributed by atoms with Gasteiger partial charge < -0.3 is 39.5 Å². The average Bonchev–Trinajstić information content (AvgIpc) is 4.05. The number of nitrogens with one attached hydrogen (secondary N) is 1. The molecule has 0 bridgehead atoms. The molecule has 0 spiro atoms. The summed E-state index contributed by atoms with van der Waals surface area (Å²) in [5.74, 6) is -0.156. The summed E-state index contributed by atoms with van der Waals surface area (Å²) in [6, 6.07) is 12.7. The second-order valence-electron chi connectivity index (χ2n) is 14.8. The maximum Gasteiger partial charge on any atom is 0.389 e. The Hall–Kier alpha value is -5.30. The van der Waals surface area contributed by atoms with E-state index in [0.717, 1.165) is 23.6 Å². The number of hydrogen-bond donors (Lipinski definition) is 3. The van der Waals surface area contributed by atoms with Crippen molar-refractivity contribution in [2.24, 2.45) is 0 Å². The fourth-order valence-electron chi connectivity index (χ4n) is 7.21. The van der Waals surface area contributed by atoms with E-state index in [2.05, 4.69) is 29.9 Å². The molecule has 0 saturated carbocycles. The molecule has 9 rings (SSSR count). The molecule has 22 nitrogen and oxygen atoms in total. The van der Waals surface area contributed by atoms with Gasteiger partial charge in [-0.3, -0.25) is 32.5 Å². The van der Waals surface area contributed by atoms with Gasteiger partial charge in [0.15, 0.2) is 47.4 Å².